The Morgan fingerprint density at radius 1 is 0.333 bits per heavy atom. The molecule has 0 aliphatic rings. The molecule has 81 heavy (non-hydrogen) atoms. The highest BCUT2D eigenvalue weighted by Gasteiger charge is 2.20. The summed E-state index contributed by atoms with van der Waals surface area (Å²) in [6.07, 6.45) is 88.6. The van der Waals surface area contributed by atoms with E-state index in [0.717, 1.165) is 38.5 Å². The predicted molar refractivity (Wildman–Crippen MR) is 357 cm³/mol. The molecule has 0 saturated carbocycles. The Bertz CT molecular complexity index is 1220. The van der Waals surface area contributed by atoms with Gasteiger partial charge in [0.05, 0.1) is 25.4 Å². The summed E-state index contributed by atoms with van der Waals surface area (Å²) < 4.78 is 5.48. The van der Waals surface area contributed by atoms with E-state index >= 15 is 0 Å². The Labute approximate surface area is 508 Å². The van der Waals surface area contributed by atoms with Crippen LogP contribution in [0.5, 0.6) is 0 Å². The average Bonchev–Trinajstić information content (AvgIpc) is 3.47. The first-order valence-electron chi connectivity index (χ1n) is 37.4. The molecular formula is C75H147NO5. The minimum Gasteiger partial charge on any atom is -0.466 e. The van der Waals surface area contributed by atoms with Gasteiger partial charge in [0.1, 0.15) is 0 Å². The number of amides is 1. The molecular weight excluding hydrogens is 995 g/mol. The van der Waals surface area contributed by atoms with Crippen LogP contribution in [0.3, 0.4) is 0 Å². The minimum absolute atomic E-state index is 0.0194. The van der Waals surface area contributed by atoms with Crippen LogP contribution in [-0.4, -0.2) is 47.4 Å². The predicted octanol–water partition coefficient (Wildman–Crippen LogP) is 24.3. The summed E-state index contributed by atoms with van der Waals surface area (Å²) in [5.74, 6) is -0.00735. The van der Waals surface area contributed by atoms with Crippen molar-refractivity contribution in [3.63, 3.8) is 0 Å². The molecule has 0 radical (unpaired) electrons. The van der Waals surface area contributed by atoms with Crippen LogP contribution in [0.15, 0.2) is 12.2 Å². The van der Waals surface area contributed by atoms with E-state index in [1.54, 1.807) is 0 Å². The van der Waals surface area contributed by atoms with E-state index in [-0.39, 0.29) is 18.5 Å². The van der Waals surface area contributed by atoms with Gasteiger partial charge in [0.25, 0.3) is 0 Å². The lowest BCUT2D eigenvalue weighted by atomic mass is 10.0. The molecule has 6 heteroatoms. The number of nitrogens with one attached hydrogen (secondary N) is 1. The van der Waals surface area contributed by atoms with E-state index in [4.69, 9.17) is 4.74 Å². The molecule has 0 aromatic carbocycles. The average molecular weight is 1140 g/mol. The minimum atomic E-state index is -0.662. The van der Waals surface area contributed by atoms with Crippen molar-refractivity contribution in [2.75, 3.05) is 13.2 Å². The summed E-state index contributed by atoms with van der Waals surface area (Å²) >= 11 is 0. The Balaban J connectivity index is 3.35. The molecule has 6 nitrogen and oxygen atoms in total. The number of aliphatic hydroxyl groups is 2. The molecule has 0 aliphatic heterocycles. The summed E-state index contributed by atoms with van der Waals surface area (Å²) in [6.45, 7) is 5.00. The van der Waals surface area contributed by atoms with Crippen molar-refractivity contribution < 1.29 is 24.5 Å². The molecule has 1 amide bonds. The topological polar surface area (TPSA) is 95.9 Å². The van der Waals surface area contributed by atoms with Crippen LogP contribution in [0.2, 0.25) is 0 Å². The number of rotatable bonds is 71. The number of carbonyl (C=O) groups excluding carboxylic acids is 2. The summed E-state index contributed by atoms with van der Waals surface area (Å²) in [7, 11) is 0. The van der Waals surface area contributed by atoms with Gasteiger partial charge in [-0.05, 0) is 51.4 Å². The smallest absolute Gasteiger partial charge is 0.305 e. The molecule has 0 aromatic heterocycles. The summed E-state index contributed by atoms with van der Waals surface area (Å²) in [4.78, 5) is 24.6. The highest BCUT2D eigenvalue weighted by atomic mass is 16.5. The molecule has 482 valence electrons. The van der Waals surface area contributed by atoms with Gasteiger partial charge in [-0.2, -0.15) is 0 Å². The second-order valence-electron chi connectivity index (χ2n) is 26.0. The number of esters is 1. The fourth-order valence-electron chi connectivity index (χ4n) is 12.1. The van der Waals surface area contributed by atoms with E-state index in [0.29, 0.717) is 25.9 Å². The number of ether oxygens (including phenoxy) is 1. The molecule has 0 saturated heterocycles. The lowest BCUT2D eigenvalue weighted by Crippen LogP contribution is -2.45. The maximum Gasteiger partial charge on any atom is 0.305 e. The van der Waals surface area contributed by atoms with Gasteiger partial charge in [-0.3, -0.25) is 9.59 Å². The fraction of sp³-hybridized carbons (Fsp3) is 0.947. The largest absolute Gasteiger partial charge is 0.466 e. The van der Waals surface area contributed by atoms with Crippen molar-refractivity contribution in [2.45, 2.75) is 443 Å². The third-order valence-electron chi connectivity index (χ3n) is 17.8. The lowest BCUT2D eigenvalue weighted by molar-refractivity contribution is -0.143. The van der Waals surface area contributed by atoms with Crippen molar-refractivity contribution in [3.05, 3.63) is 12.2 Å². The summed E-state index contributed by atoms with van der Waals surface area (Å²) in [5, 5.41) is 23.4. The van der Waals surface area contributed by atoms with E-state index in [1.807, 2.05) is 0 Å². The number of carbonyl (C=O) groups is 2. The molecule has 2 atom stereocenters. The zero-order valence-electron chi connectivity index (χ0n) is 55.3. The van der Waals surface area contributed by atoms with Gasteiger partial charge in [0, 0.05) is 12.8 Å². The van der Waals surface area contributed by atoms with E-state index in [2.05, 4.69) is 31.3 Å². The van der Waals surface area contributed by atoms with Crippen LogP contribution in [0, 0.1) is 0 Å². The van der Waals surface area contributed by atoms with Crippen LogP contribution >= 0.6 is 0 Å². The van der Waals surface area contributed by atoms with Crippen molar-refractivity contribution >= 4 is 11.9 Å². The van der Waals surface area contributed by atoms with Gasteiger partial charge >= 0.3 is 5.97 Å². The Morgan fingerprint density at radius 3 is 0.877 bits per heavy atom. The normalized spacial score (nSPS) is 12.5. The number of hydrogen-bond acceptors (Lipinski definition) is 5. The quantitative estimate of drug-likeness (QED) is 0.0320. The standard InChI is InChI=1S/C75H147NO5/c1-3-5-7-9-11-13-15-16-17-18-19-35-38-41-44-48-51-55-59-63-67-73(78)72(71-77)76-74(79)68-64-60-56-52-49-45-42-39-36-33-31-29-27-25-23-21-20-22-24-26-28-30-32-34-37-40-43-46-50-54-58-62-66-70-81-75(80)69-65-61-57-53-47-14-12-10-8-6-4-2/h24,26,72-73,77-78H,3-23,25,27-71H2,1-2H3,(H,76,79)/b26-24-. The molecule has 0 bridgehead atoms. The van der Waals surface area contributed by atoms with Gasteiger partial charge in [0.15, 0.2) is 0 Å². The maximum absolute atomic E-state index is 12.6. The van der Waals surface area contributed by atoms with Crippen LogP contribution in [0.25, 0.3) is 0 Å². The third-order valence-corrected chi connectivity index (χ3v) is 17.8. The summed E-state index contributed by atoms with van der Waals surface area (Å²) in [6, 6.07) is -0.539. The van der Waals surface area contributed by atoms with Crippen molar-refractivity contribution in [1.82, 2.24) is 5.32 Å². The lowest BCUT2D eigenvalue weighted by Gasteiger charge is -2.22. The van der Waals surface area contributed by atoms with Crippen molar-refractivity contribution in [3.8, 4) is 0 Å². The number of unbranched alkanes of at least 4 members (excludes halogenated alkanes) is 58. The molecule has 0 spiro atoms. The van der Waals surface area contributed by atoms with Crippen LogP contribution in [-0.2, 0) is 14.3 Å². The zero-order chi connectivity index (χ0) is 58.5. The van der Waals surface area contributed by atoms with Crippen LogP contribution in [0.4, 0.5) is 0 Å². The monoisotopic (exact) mass is 1140 g/mol. The van der Waals surface area contributed by atoms with E-state index in [9.17, 15) is 19.8 Å². The second kappa shape index (κ2) is 71.1. The molecule has 0 fully saturated rings. The number of aliphatic hydroxyl groups excluding tert-OH is 2. The van der Waals surface area contributed by atoms with E-state index < -0.39 is 12.1 Å². The fourth-order valence-corrected chi connectivity index (χ4v) is 12.1. The Morgan fingerprint density at radius 2 is 0.580 bits per heavy atom. The highest BCUT2D eigenvalue weighted by Crippen LogP contribution is 2.20. The second-order valence-corrected chi connectivity index (χ2v) is 26.0. The van der Waals surface area contributed by atoms with Gasteiger partial charge in [-0.1, -0.05) is 379 Å². The maximum atomic E-state index is 12.6. The number of hydrogen-bond donors (Lipinski definition) is 3. The molecule has 0 rings (SSSR count). The highest BCUT2D eigenvalue weighted by molar-refractivity contribution is 5.76. The molecule has 0 heterocycles. The van der Waals surface area contributed by atoms with Gasteiger partial charge in [-0.15, -0.1) is 0 Å². The molecule has 2 unspecified atom stereocenters. The van der Waals surface area contributed by atoms with Gasteiger partial charge < -0.3 is 20.3 Å². The van der Waals surface area contributed by atoms with Gasteiger partial charge in [-0.25, -0.2) is 0 Å². The van der Waals surface area contributed by atoms with Crippen molar-refractivity contribution in [1.29, 1.82) is 0 Å². The Hall–Kier alpha value is -1.40. The van der Waals surface area contributed by atoms with E-state index in [1.165, 1.54) is 360 Å². The third kappa shape index (κ3) is 67.6. The number of allylic oxidation sites excluding steroid dienone is 2. The molecule has 0 aliphatic carbocycles. The van der Waals surface area contributed by atoms with Crippen LogP contribution < -0.4 is 5.32 Å². The molecule has 3 N–H and O–H groups in total. The SMILES string of the molecule is CCCCCCCCCCCCCCCCCCCCCCC(O)C(CO)NC(=O)CCCCCCCCCCCCCCCCCCC/C=C\CCCCCCCCCCCCCCOC(=O)CCCCCCCCCCCCC. The zero-order valence-corrected chi connectivity index (χ0v) is 55.3. The summed E-state index contributed by atoms with van der Waals surface area (Å²) in [5.41, 5.74) is 0. The first kappa shape index (κ1) is 79.6. The first-order chi connectivity index (χ1) is 40.0. The Kier molecular flexibility index (Phi) is 69.9. The van der Waals surface area contributed by atoms with Gasteiger partial charge in [0.2, 0.25) is 5.91 Å². The first-order valence-corrected chi connectivity index (χ1v) is 37.4. The molecule has 0 aromatic rings. The van der Waals surface area contributed by atoms with Crippen molar-refractivity contribution in [2.24, 2.45) is 0 Å². The van der Waals surface area contributed by atoms with Crippen LogP contribution in [0.1, 0.15) is 431 Å².